The third-order valence-electron chi connectivity index (χ3n) is 1.91. The highest BCUT2D eigenvalue weighted by atomic mass is 35.5. The highest BCUT2D eigenvalue weighted by Crippen LogP contribution is 2.32. The number of hydrogen-bond acceptors (Lipinski definition) is 3. The van der Waals surface area contributed by atoms with Gasteiger partial charge < -0.3 is 10.5 Å². The normalized spacial score (nSPS) is 15.2. The van der Waals surface area contributed by atoms with Crippen molar-refractivity contribution < 1.29 is 9.53 Å². The van der Waals surface area contributed by atoms with Gasteiger partial charge in [-0.2, -0.15) is 0 Å². The second-order valence-corrected chi connectivity index (χ2v) is 3.53. The summed E-state index contributed by atoms with van der Waals surface area (Å²) in [6.45, 7) is 0. The molecule has 2 rings (SSSR count). The van der Waals surface area contributed by atoms with Gasteiger partial charge in [0.15, 0.2) is 0 Å². The third kappa shape index (κ3) is 1.80. The molecule has 0 aliphatic heterocycles. The van der Waals surface area contributed by atoms with Gasteiger partial charge in [-0.15, -0.1) is 0 Å². The molecule has 4 nitrogen and oxygen atoms in total. The maximum atomic E-state index is 10.9. The second-order valence-electron chi connectivity index (χ2n) is 3.15. The summed E-state index contributed by atoms with van der Waals surface area (Å²) in [4.78, 5) is 14.7. The SMILES string of the molecule is NC(=O)c1nccc(OC2CC2)c1Cl. The zero-order valence-electron chi connectivity index (χ0n) is 7.37. The lowest BCUT2D eigenvalue weighted by Crippen LogP contribution is -2.14. The van der Waals surface area contributed by atoms with E-state index in [4.69, 9.17) is 22.1 Å². The van der Waals surface area contributed by atoms with Crippen molar-refractivity contribution in [3.8, 4) is 5.75 Å². The minimum atomic E-state index is -0.642. The number of rotatable bonds is 3. The molecule has 1 saturated carbocycles. The van der Waals surface area contributed by atoms with E-state index >= 15 is 0 Å². The summed E-state index contributed by atoms with van der Waals surface area (Å²) in [5, 5.41) is 0.201. The Bertz CT molecular complexity index is 377. The lowest BCUT2D eigenvalue weighted by molar-refractivity contribution is 0.0995. The predicted octanol–water partition coefficient (Wildman–Crippen LogP) is 1.38. The van der Waals surface area contributed by atoms with Crippen LogP contribution in [0.1, 0.15) is 23.3 Å². The Morgan fingerprint density at radius 3 is 2.93 bits per heavy atom. The van der Waals surface area contributed by atoms with Crippen LogP contribution >= 0.6 is 11.6 Å². The molecule has 0 unspecified atom stereocenters. The summed E-state index contributed by atoms with van der Waals surface area (Å²) in [7, 11) is 0. The van der Waals surface area contributed by atoms with Gasteiger partial charge in [0.25, 0.3) is 5.91 Å². The Balaban J connectivity index is 2.30. The quantitative estimate of drug-likeness (QED) is 0.823. The van der Waals surface area contributed by atoms with E-state index in [0.717, 1.165) is 12.8 Å². The number of carbonyl (C=O) groups excluding carboxylic acids is 1. The van der Waals surface area contributed by atoms with Gasteiger partial charge in [0.2, 0.25) is 0 Å². The van der Waals surface area contributed by atoms with Crippen LogP contribution in [0, 0.1) is 0 Å². The van der Waals surface area contributed by atoms with Crippen LogP contribution in [0.5, 0.6) is 5.75 Å². The Hall–Kier alpha value is -1.29. The molecule has 0 spiro atoms. The fourth-order valence-corrected chi connectivity index (χ4v) is 1.30. The molecule has 1 aliphatic carbocycles. The van der Waals surface area contributed by atoms with Crippen LogP contribution in [0.3, 0.4) is 0 Å². The number of carbonyl (C=O) groups is 1. The number of halogens is 1. The van der Waals surface area contributed by atoms with Gasteiger partial charge in [-0.05, 0) is 12.8 Å². The molecule has 5 heteroatoms. The minimum Gasteiger partial charge on any atom is -0.489 e. The van der Waals surface area contributed by atoms with Gasteiger partial charge in [-0.3, -0.25) is 4.79 Å². The molecule has 0 aromatic carbocycles. The van der Waals surface area contributed by atoms with Crippen LogP contribution in [-0.4, -0.2) is 17.0 Å². The van der Waals surface area contributed by atoms with Gasteiger partial charge in [-0.25, -0.2) is 4.98 Å². The standard InChI is InChI=1S/C9H9ClN2O2/c10-7-6(14-5-1-2-5)3-4-12-8(7)9(11)13/h3-5H,1-2H2,(H2,11,13). The monoisotopic (exact) mass is 212 g/mol. The molecule has 0 atom stereocenters. The summed E-state index contributed by atoms with van der Waals surface area (Å²) in [6, 6.07) is 1.63. The first kappa shape index (κ1) is 9.27. The second kappa shape index (κ2) is 3.46. The number of nitrogens with zero attached hydrogens (tertiary/aromatic N) is 1. The molecule has 74 valence electrons. The van der Waals surface area contributed by atoms with Gasteiger partial charge >= 0.3 is 0 Å². The van der Waals surface area contributed by atoms with E-state index in [9.17, 15) is 4.79 Å². The highest BCUT2D eigenvalue weighted by molar-refractivity contribution is 6.34. The average molecular weight is 213 g/mol. The van der Waals surface area contributed by atoms with Crippen LogP contribution in [0.25, 0.3) is 0 Å². The molecule has 0 radical (unpaired) electrons. The smallest absolute Gasteiger partial charge is 0.268 e. The van der Waals surface area contributed by atoms with E-state index in [2.05, 4.69) is 4.98 Å². The molecule has 1 aromatic rings. The number of aromatic nitrogens is 1. The maximum absolute atomic E-state index is 10.9. The summed E-state index contributed by atoms with van der Waals surface area (Å²) in [5.74, 6) is -0.158. The Kier molecular flexibility index (Phi) is 2.29. The fourth-order valence-electron chi connectivity index (χ4n) is 1.05. The molecule has 1 amide bonds. The Morgan fingerprint density at radius 2 is 2.36 bits per heavy atom. The summed E-state index contributed by atoms with van der Waals surface area (Å²) in [6.07, 6.45) is 3.76. The number of primary amides is 1. The van der Waals surface area contributed by atoms with Crippen LogP contribution < -0.4 is 10.5 Å². The van der Waals surface area contributed by atoms with E-state index in [0.29, 0.717) is 5.75 Å². The fraction of sp³-hybridized carbons (Fsp3) is 0.333. The maximum Gasteiger partial charge on any atom is 0.268 e. The number of amides is 1. The molecule has 0 saturated heterocycles. The van der Waals surface area contributed by atoms with Crippen LogP contribution in [0.2, 0.25) is 5.02 Å². The summed E-state index contributed by atoms with van der Waals surface area (Å²) < 4.78 is 5.47. The van der Waals surface area contributed by atoms with Gasteiger partial charge in [0.1, 0.15) is 16.5 Å². The lowest BCUT2D eigenvalue weighted by atomic mass is 10.3. The Morgan fingerprint density at radius 1 is 1.64 bits per heavy atom. The molecule has 1 aromatic heterocycles. The van der Waals surface area contributed by atoms with Gasteiger partial charge in [0.05, 0.1) is 6.10 Å². The minimum absolute atomic E-state index is 0.0600. The highest BCUT2D eigenvalue weighted by Gasteiger charge is 2.25. The third-order valence-corrected chi connectivity index (χ3v) is 2.27. The van der Waals surface area contributed by atoms with Gasteiger partial charge in [0, 0.05) is 12.3 Å². The summed E-state index contributed by atoms with van der Waals surface area (Å²) >= 11 is 5.89. The molecular formula is C9H9ClN2O2. The van der Waals surface area contributed by atoms with Crippen molar-refractivity contribution >= 4 is 17.5 Å². The van der Waals surface area contributed by atoms with Crippen molar-refractivity contribution in [1.29, 1.82) is 0 Å². The predicted molar refractivity (Wildman–Crippen MR) is 51.4 cm³/mol. The number of hydrogen-bond donors (Lipinski definition) is 1. The van der Waals surface area contributed by atoms with E-state index < -0.39 is 5.91 Å². The van der Waals surface area contributed by atoms with Crippen molar-refractivity contribution in [3.05, 3.63) is 23.0 Å². The first-order valence-electron chi connectivity index (χ1n) is 4.29. The molecular weight excluding hydrogens is 204 g/mol. The van der Waals surface area contributed by atoms with Crippen molar-refractivity contribution in [2.24, 2.45) is 5.73 Å². The first-order valence-corrected chi connectivity index (χ1v) is 4.67. The first-order chi connectivity index (χ1) is 6.68. The average Bonchev–Trinajstić information content (AvgIpc) is 2.92. The van der Waals surface area contributed by atoms with E-state index in [1.165, 1.54) is 6.20 Å². The van der Waals surface area contributed by atoms with Crippen LogP contribution in [0.4, 0.5) is 0 Å². The molecule has 0 bridgehead atoms. The molecule has 1 aliphatic rings. The largest absolute Gasteiger partial charge is 0.489 e. The van der Waals surface area contributed by atoms with Crippen molar-refractivity contribution in [3.63, 3.8) is 0 Å². The number of pyridine rings is 1. The van der Waals surface area contributed by atoms with E-state index in [-0.39, 0.29) is 16.8 Å². The number of ether oxygens (including phenoxy) is 1. The van der Waals surface area contributed by atoms with Crippen LogP contribution in [-0.2, 0) is 0 Å². The van der Waals surface area contributed by atoms with Crippen molar-refractivity contribution in [1.82, 2.24) is 4.98 Å². The van der Waals surface area contributed by atoms with Gasteiger partial charge in [-0.1, -0.05) is 11.6 Å². The van der Waals surface area contributed by atoms with E-state index in [1.807, 2.05) is 0 Å². The molecule has 14 heavy (non-hydrogen) atoms. The zero-order chi connectivity index (χ0) is 10.1. The molecule has 2 N–H and O–H groups in total. The van der Waals surface area contributed by atoms with Crippen molar-refractivity contribution in [2.75, 3.05) is 0 Å². The summed E-state index contributed by atoms with van der Waals surface area (Å²) in [5.41, 5.74) is 5.15. The Labute approximate surface area is 86.0 Å². The lowest BCUT2D eigenvalue weighted by Gasteiger charge is -2.07. The van der Waals surface area contributed by atoms with Crippen molar-refractivity contribution in [2.45, 2.75) is 18.9 Å². The van der Waals surface area contributed by atoms with Crippen LogP contribution in [0.15, 0.2) is 12.3 Å². The molecule has 1 fully saturated rings. The van der Waals surface area contributed by atoms with E-state index in [1.54, 1.807) is 6.07 Å². The molecule has 1 heterocycles. The zero-order valence-corrected chi connectivity index (χ0v) is 8.12. The number of nitrogens with two attached hydrogens (primary N) is 1. The topological polar surface area (TPSA) is 65.2 Å².